The van der Waals surface area contributed by atoms with Crippen LogP contribution < -0.4 is 4.90 Å². The van der Waals surface area contributed by atoms with Gasteiger partial charge in [-0.15, -0.1) is 4.37 Å². The molecule has 4 nitrogen and oxygen atoms in total. The Labute approximate surface area is 93.9 Å². The van der Waals surface area contributed by atoms with Crippen LogP contribution in [0, 0.1) is 5.92 Å². The number of hydrogen-bond acceptors (Lipinski definition) is 5. The van der Waals surface area contributed by atoms with E-state index in [1.165, 1.54) is 4.90 Å². The number of halogens is 3. The van der Waals surface area contributed by atoms with Crippen molar-refractivity contribution in [3.05, 3.63) is 0 Å². The van der Waals surface area contributed by atoms with Crippen molar-refractivity contribution < 1.29 is 18.3 Å². The lowest BCUT2D eigenvalue weighted by Gasteiger charge is -2.33. The highest BCUT2D eigenvalue weighted by Crippen LogP contribution is 2.35. The largest absolute Gasteiger partial charge is 0.478 e. The highest BCUT2D eigenvalue weighted by molar-refractivity contribution is 7.09. The van der Waals surface area contributed by atoms with Crippen LogP contribution in [0.5, 0.6) is 6.01 Å². The zero-order valence-corrected chi connectivity index (χ0v) is 9.05. The van der Waals surface area contributed by atoms with Crippen molar-refractivity contribution in [1.29, 1.82) is 0 Å². The second kappa shape index (κ2) is 4.08. The molecular weight excluding hydrogens is 243 g/mol. The highest BCUT2D eigenvalue weighted by Gasteiger charge is 2.42. The molecule has 0 bridgehead atoms. The molecule has 8 heteroatoms. The van der Waals surface area contributed by atoms with Gasteiger partial charge in [-0.05, 0) is 12.8 Å². The van der Waals surface area contributed by atoms with Gasteiger partial charge in [-0.2, -0.15) is 18.2 Å². The number of hydrogen-bond donors (Lipinski definition) is 1. The number of anilines is 1. The minimum Gasteiger partial charge on any atom is -0.478 e. The molecule has 1 unspecified atom stereocenters. The Bertz CT molecular complexity index is 368. The van der Waals surface area contributed by atoms with Crippen molar-refractivity contribution in [3.63, 3.8) is 0 Å². The summed E-state index contributed by atoms with van der Waals surface area (Å²) in [6.07, 6.45) is -3.53. The molecule has 1 aliphatic heterocycles. The van der Waals surface area contributed by atoms with E-state index in [1.807, 2.05) is 0 Å². The molecule has 1 atom stereocenters. The summed E-state index contributed by atoms with van der Waals surface area (Å²) in [5, 5.41) is 9.30. The monoisotopic (exact) mass is 253 g/mol. The Kier molecular flexibility index (Phi) is 2.92. The molecule has 1 aliphatic rings. The molecule has 2 rings (SSSR count). The van der Waals surface area contributed by atoms with E-state index in [0.29, 0.717) is 18.1 Å². The van der Waals surface area contributed by atoms with Gasteiger partial charge in [0.15, 0.2) is 0 Å². The molecule has 0 saturated carbocycles. The van der Waals surface area contributed by atoms with Gasteiger partial charge >= 0.3 is 12.2 Å². The fourth-order valence-corrected chi connectivity index (χ4v) is 2.36. The van der Waals surface area contributed by atoms with Gasteiger partial charge in [0.25, 0.3) is 0 Å². The van der Waals surface area contributed by atoms with Gasteiger partial charge in [0.2, 0.25) is 5.13 Å². The predicted molar refractivity (Wildman–Crippen MR) is 52.6 cm³/mol. The molecule has 2 heterocycles. The van der Waals surface area contributed by atoms with Crippen LogP contribution in [0.1, 0.15) is 12.8 Å². The van der Waals surface area contributed by atoms with Crippen molar-refractivity contribution in [3.8, 4) is 6.01 Å². The highest BCUT2D eigenvalue weighted by atomic mass is 32.1. The molecule has 1 saturated heterocycles. The standard InChI is InChI=1S/C8H10F3N3OS/c9-8(10,11)5-2-1-3-14(4-5)7-12-6(15)13-16-7/h5H,1-4H2,(H,13,15). The van der Waals surface area contributed by atoms with Gasteiger partial charge in [-0.1, -0.05) is 0 Å². The van der Waals surface area contributed by atoms with Crippen molar-refractivity contribution in [1.82, 2.24) is 9.36 Å². The number of nitrogens with zero attached hydrogens (tertiary/aromatic N) is 3. The summed E-state index contributed by atoms with van der Waals surface area (Å²) in [7, 11) is 0. The molecule has 90 valence electrons. The Morgan fingerprint density at radius 2 is 2.19 bits per heavy atom. The molecule has 0 aliphatic carbocycles. The van der Waals surface area contributed by atoms with Crippen molar-refractivity contribution in [2.24, 2.45) is 5.92 Å². The molecule has 0 radical (unpaired) electrons. The Hall–Kier alpha value is -1.05. The molecule has 16 heavy (non-hydrogen) atoms. The third-order valence-corrected chi connectivity index (χ3v) is 3.33. The second-order valence-electron chi connectivity index (χ2n) is 3.70. The van der Waals surface area contributed by atoms with Gasteiger partial charge in [-0.3, -0.25) is 0 Å². The van der Waals surface area contributed by atoms with E-state index in [1.54, 1.807) is 0 Å². The van der Waals surface area contributed by atoms with E-state index >= 15 is 0 Å². The number of aromatic nitrogens is 2. The molecular formula is C8H10F3N3OS. The second-order valence-corrected chi connectivity index (χ2v) is 4.43. The third kappa shape index (κ3) is 2.37. The summed E-state index contributed by atoms with van der Waals surface area (Å²) < 4.78 is 41.1. The van der Waals surface area contributed by atoms with Crippen molar-refractivity contribution in [2.75, 3.05) is 18.0 Å². The minimum atomic E-state index is -4.16. The average Bonchev–Trinajstić information content (AvgIpc) is 2.64. The summed E-state index contributed by atoms with van der Waals surface area (Å²) >= 11 is 0.916. The SMILES string of the molecule is Oc1nsc(N2CCCC(C(F)(F)F)C2)n1. The van der Waals surface area contributed by atoms with Gasteiger partial charge in [0.1, 0.15) is 0 Å². The third-order valence-electron chi connectivity index (χ3n) is 2.56. The number of aromatic hydroxyl groups is 1. The fraction of sp³-hybridized carbons (Fsp3) is 0.750. The summed E-state index contributed by atoms with van der Waals surface area (Å²) in [6.45, 7) is 0.430. The maximum atomic E-state index is 12.5. The smallest absolute Gasteiger partial charge is 0.393 e. The number of rotatable bonds is 1. The lowest BCUT2D eigenvalue weighted by Crippen LogP contribution is -2.41. The Morgan fingerprint density at radius 1 is 1.44 bits per heavy atom. The van der Waals surface area contributed by atoms with Gasteiger partial charge in [0.05, 0.1) is 5.92 Å². The number of piperidine rings is 1. The van der Waals surface area contributed by atoms with Crippen molar-refractivity contribution in [2.45, 2.75) is 19.0 Å². The lowest BCUT2D eigenvalue weighted by molar-refractivity contribution is -0.175. The summed E-state index contributed by atoms with van der Waals surface area (Å²) in [5.74, 6) is -1.31. The molecule has 0 spiro atoms. The van der Waals surface area contributed by atoms with Crippen LogP contribution in [-0.4, -0.2) is 33.7 Å². The topological polar surface area (TPSA) is 49.3 Å². The van der Waals surface area contributed by atoms with Crippen LogP contribution in [0.4, 0.5) is 18.3 Å². The Balaban J connectivity index is 2.07. The van der Waals surface area contributed by atoms with E-state index in [0.717, 1.165) is 11.5 Å². The van der Waals surface area contributed by atoms with E-state index in [2.05, 4.69) is 9.36 Å². The van der Waals surface area contributed by atoms with Gasteiger partial charge in [-0.25, -0.2) is 0 Å². The van der Waals surface area contributed by atoms with E-state index < -0.39 is 12.1 Å². The van der Waals surface area contributed by atoms with Crippen LogP contribution >= 0.6 is 11.5 Å². The van der Waals surface area contributed by atoms with Gasteiger partial charge in [0, 0.05) is 24.6 Å². The van der Waals surface area contributed by atoms with Crippen LogP contribution in [0.15, 0.2) is 0 Å². The molecule has 1 aromatic rings. The minimum absolute atomic E-state index is 0.0991. The molecule has 1 aromatic heterocycles. The van der Waals surface area contributed by atoms with Crippen molar-refractivity contribution >= 4 is 16.7 Å². The summed E-state index contributed by atoms with van der Waals surface area (Å²) in [5.41, 5.74) is 0. The quantitative estimate of drug-likeness (QED) is 0.832. The van der Waals surface area contributed by atoms with E-state index in [-0.39, 0.29) is 19.0 Å². The zero-order chi connectivity index (χ0) is 11.8. The van der Waals surface area contributed by atoms with Gasteiger partial charge < -0.3 is 10.0 Å². The molecule has 0 amide bonds. The van der Waals surface area contributed by atoms with E-state index in [4.69, 9.17) is 5.11 Å². The van der Waals surface area contributed by atoms with E-state index in [9.17, 15) is 13.2 Å². The first-order chi connectivity index (χ1) is 7.47. The van der Waals surface area contributed by atoms with Crippen LogP contribution in [0.25, 0.3) is 0 Å². The first-order valence-electron chi connectivity index (χ1n) is 4.81. The average molecular weight is 253 g/mol. The first-order valence-corrected chi connectivity index (χ1v) is 5.58. The molecule has 1 fully saturated rings. The molecule has 1 N–H and O–H groups in total. The lowest BCUT2D eigenvalue weighted by atomic mass is 9.98. The fourth-order valence-electron chi connectivity index (χ4n) is 1.75. The van der Waals surface area contributed by atoms with Crippen LogP contribution in [0.2, 0.25) is 0 Å². The maximum Gasteiger partial charge on any atom is 0.393 e. The van der Waals surface area contributed by atoms with Crippen LogP contribution in [0.3, 0.4) is 0 Å². The maximum absolute atomic E-state index is 12.5. The normalized spacial score (nSPS) is 22.4. The zero-order valence-electron chi connectivity index (χ0n) is 8.24. The first kappa shape index (κ1) is 11.4. The summed E-state index contributed by atoms with van der Waals surface area (Å²) in [6, 6.07) is -0.380. The summed E-state index contributed by atoms with van der Waals surface area (Å²) in [4.78, 5) is 5.20. The Morgan fingerprint density at radius 3 is 2.75 bits per heavy atom. The molecule has 0 aromatic carbocycles. The predicted octanol–water partition coefficient (Wildman–Crippen LogP) is 2.02. The van der Waals surface area contributed by atoms with Crippen LogP contribution in [-0.2, 0) is 0 Å². The number of alkyl halides is 3.